The standard InChI is InChI=1S/C20H25NO2/c1-15-5-7-16(8-6-15)9-10-17-11-13-18(14-12-17)21-19(22)23-20(2,3)4/h5-8,11-14H,9-10H2,1-4H3,(H,21,22). The minimum atomic E-state index is -0.488. The van der Waals surface area contributed by atoms with E-state index >= 15 is 0 Å². The lowest BCUT2D eigenvalue weighted by atomic mass is 10.0. The molecule has 0 aliphatic rings. The monoisotopic (exact) mass is 311 g/mol. The van der Waals surface area contributed by atoms with E-state index < -0.39 is 11.7 Å². The van der Waals surface area contributed by atoms with Gasteiger partial charge in [-0.05, 0) is 63.8 Å². The van der Waals surface area contributed by atoms with Crippen molar-refractivity contribution in [1.29, 1.82) is 0 Å². The van der Waals surface area contributed by atoms with Gasteiger partial charge in [-0.15, -0.1) is 0 Å². The van der Waals surface area contributed by atoms with E-state index in [0.29, 0.717) is 0 Å². The van der Waals surface area contributed by atoms with E-state index in [4.69, 9.17) is 4.74 Å². The molecule has 1 N–H and O–H groups in total. The second kappa shape index (κ2) is 7.32. The molecule has 0 aliphatic heterocycles. The van der Waals surface area contributed by atoms with E-state index in [0.717, 1.165) is 18.5 Å². The zero-order valence-electron chi connectivity index (χ0n) is 14.3. The molecule has 3 nitrogen and oxygen atoms in total. The number of carbonyl (C=O) groups excluding carboxylic acids is 1. The van der Waals surface area contributed by atoms with Crippen LogP contribution in [-0.2, 0) is 17.6 Å². The zero-order chi connectivity index (χ0) is 16.9. The first-order chi connectivity index (χ1) is 10.8. The fourth-order valence-electron chi connectivity index (χ4n) is 2.22. The molecule has 0 saturated heterocycles. The van der Waals surface area contributed by atoms with E-state index in [-0.39, 0.29) is 0 Å². The second-order valence-corrected chi connectivity index (χ2v) is 6.81. The van der Waals surface area contributed by atoms with Crippen molar-refractivity contribution >= 4 is 11.8 Å². The molecule has 2 aromatic rings. The summed E-state index contributed by atoms with van der Waals surface area (Å²) in [6.07, 6.45) is 1.57. The van der Waals surface area contributed by atoms with Crippen LogP contribution in [0.15, 0.2) is 48.5 Å². The Bertz CT molecular complexity index is 637. The van der Waals surface area contributed by atoms with E-state index in [1.165, 1.54) is 16.7 Å². The smallest absolute Gasteiger partial charge is 0.412 e. The molecule has 0 heterocycles. The van der Waals surface area contributed by atoms with Crippen LogP contribution in [0.25, 0.3) is 0 Å². The molecule has 0 unspecified atom stereocenters. The lowest BCUT2D eigenvalue weighted by Gasteiger charge is -2.19. The van der Waals surface area contributed by atoms with Gasteiger partial charge in [-0.1, -0.05) is 42.0 Å². The van der Waals surface area contributed by atoms with Crippen LogP contribution in [0.3, 0.4) is 0 Å². The molecule has 122 valence electrons. The van der Waals surface area contributed by atoms with Gasteiger partial charge in [0, 0.05) is 5.69 Å². The highest BCUT2D eigenvalue weighted by Crippen LogP contribution is 2.14. The minimum absolute atomic E-state index is 0.426. The maximum Gasteiger partial charge on any atom is 0.412 e. The summed E-state index contributed by atoms with van der Waals surface area (Å²) in [5, 5.41) is 2.74. The van der Waals surface area contributed by atoms with E-state index in [1.54, 1.807) is 0 Å². The first-order valence-corrected chi connectivity index (χ1v) is 7.96. The van der Waals surface area contributed by atoms with E-state index in [1.807, 2.05) is 45.0 Å². The molecule has 0 spiro atoms. The third kappa shape index (κ3) is 6.15. The van der Waals surface area contributed by atoms with Crippen LogP contribution < -0.4 is 5.32 Å². The first-order valence-electron chi connectivity index (χ1n) is 7.96. The molecule has 0 aromatic heterocycles. The summed E-state index contributed by atoms with van der Waals surface area (Å²) in [5.74, 6) is 0. The largest absolute Gasteiger partial charge is 0.444 e. The van der Waals surface area contributed by atoms with Gasteiger partial charge in [0.2, 0.25) is 0 Å². The number of hydrogen-bond donors (Lipinski definition) is 1. The third-order valence-corrected chi connectivity index (χ3v) is 3.42. The van der Waals surface area contributed by atoms with Gasteiger partial charge in [-0.25, -0.2) is 4.79 Å². The molecule has 0 bridgehead atoms. The van der Waals surface area contributed by atoms with Gasteiger partial charge in [0.15, 0.2) is 0 Å². The van der Waals surface area contributed by atoms with Crippen molar-refractivity contribution in [2.24, 2.45) is 0 Å². The van der Waals surface area contributed by atoms with Gasteiger partial charge >= 0.3 is 6.09 Å². The van der Waals surface area contributed by atoms with Crippen molar-refractivity contribution in [2.75, 3.05) is 5.32 Å². The molecule has 0 aliphatic carbocycles. The quantitative estimate of drug-likeness (QED) is 0.850. The van der Waals surface area contributed by atoms with Crippen molar-refractivity contribution in [3.8, 4) is 0 Å². The van der Waals surface area contributed by atoms with Crippen LogP contribution >= 0.6 is 0 Å². The first kappa shape index (κ1) is 17.1. The lowest BCUT2D eigenvalue weighted by molar-refractivity contribution is 0.0636. The van der Waals surface area contributed by atoms with E-state index in [9.17, 15) is 4.79 Å². The summed E-state index contributed by atoms with van der Waals surface area (Å²) in [6, 6.07) is 16.5. The van der Waals surface area contributed by atoms with Crippen LogP contribution in [-0.4, -0.2) is 11.7 Å². The molecule has 0 atom stereocenters. The van der Waals surface area contributed by atoms with Crippen LogP contribution in [0.1, 0.15) is 37.5 Å². The molecule has 0 fully saturated rings. The molecular weight excluding hydrogens is 286 g/mol. The summed E-state index contributed by atoms with van der Waals surface area (Å²) < 4.78 is 5.24. The summed E-state index contributed by atoms with van der Waals surface area (Å²) in [5.41, 5.74) is 4.13. The van der Waals surface area contributed by atoms with Crippen molar-refractivity contribution in [1.82, 2.24) is 0 Å². The maximum atomic E-state index is 11.7. The van der Waals surface area contributed by atoms with Gasteiger partial charge in [-0.2, -0.15) is 0 Å². The summed E-state index contributed by atoms with van der Waals surface area (Å²) >= 11 is 0. The number of rotatable bonds is 4. The SMILES string of the molecule is Cc1ccc(CCc2ccc(NC(=O)OC(C)(C)C)cc2)cc1. The van der Waals surface area contributed by atoms with Gasteiger partial charge in [0.25, 0.3) is 0 Å². The number of hydrogen-bond acceptors (Lipinski definition) is 2. The topological polar surface area (TPSA) is 38.3 Å². The van der Waals surface area contributed by atoms with Crippen molar-refractivity contribution in [3.05, 3.63) is 65.2 Å². The van der Waals surface area contributed by atoms with Crippen LogP contribution in [0.2, 0.25) is 0 Å². The molecule has 2 rings (SSSR count). The Hall–Kier alpha value is -2.29. The lowest BCUT2D eigenvalue weighted by Crippen LogP contribution is -2.27. The van der Waals surface area contributed by atoms with Crippen molar-refractivity contribution in [3.63, 3.8) is 0 Å². The minimum Gasteiger partial charge on any atom is -0.444 e. The second-order valence-electron chi connectivity index (χ2n) is 6.81. The molecular formula is C20H25NO2. The molecule has 0 radical (unpaired) electrons. The Kier molecular flexibility index (Phi) is 5.43. The number of ether oxygens (including phenoxy) is 1. The number of benzene rings is 2. The highest BCUT2D eigenvalue weighted by molar-refractivity contribution is 5.84. The summed E-state index contributed by atoms with van der Waals surface area (Å²) in [4.78, 5) is 11.7. The number of nitrogens with one attached hydrogen (secondary N) is 1. The Morgan fingerprint density at radius 1 is 0.913 bits per heavy atom. The fraction of sp³-hybridized carbons (Fsp3) is 0.350. The fourth-order valence-corrected chi connectivity index (χ4v) is 2.22. The number of anilines is 1. The maximum absolute atomic E-state index is 11.7. The van der Waals surface area contributed by atoms with Gasteiger partial charge < -0.3 is 4.74 Å². The Balaban J connectivity index is 1.87. The van der Waals surface area contributed by atoms with Gasteiger partial charge in [0.1, 0.15) is 5.60 Å². The third-order valence-electron chi connectivity index (χ3n) is 3.42. The molecule has 2 aromatic carbocycles. The van der Waals surface area contributed by atoms with Crippen LogP contribution in [0.5, 0.6) is 0 Å². The Labute approximate surface area is 138 Å². The van der Waals surface area contributed by atoms with Gasteiger partial charge in [-0.3, -0.25) is 5.32 Å². The Morgan fingerprint density at radius 2 is 1.39 bits per heavy atom. The van der Waals surface area contributed by atoms with Crippen molar-refractivity contribution < 1.29 is 9.53 Å². The highest BCUT2D eigenvalue weighted by atomic mass is 16.6. The highest BCUT2D eigenvalue weighted by Gasteiger charge is 2.15. The predicted octanol–water partition coefficient (Wildman–Crippen LogP) is 5.13. The molecule has 3 heteroatoms. The summed E-state index contributed by atoms with van der Waals surface area (Å²) in [6.45, 7) is 7.64. The average molecular weight is 311 g/mol. The number of amides is 1. The normalized spacial score (nSPS) is 11.1. The summed E-state index contributed by atoms with van der Waals surface area (Å²) in [7, 11) is 0. The molecule has 23 heavy (non-hydrogen) atoms. The van der Waals surface area contributed by atoms with Crippen LogP contribution in [0, 0.1) is 6.92 Å². The number of aryl methyl sites for hydroxylation is 3. The molecule has 1 amide bonds. The van der Waals surface area contributed by atoms with Crippen LogP contribution in [0.4, 0.5) is 10.5 Å². The van der Waals surface area contributed by atoms with Gasteiger partial charge in [0.05, 0.1) is 0 Å². The predicted molar refractivity (Wildman–Crippen MR) is 94.9 cm³/mol. The number of carbonyl (C=O) groups is 1. The average Bonchev–Trinajstić information content (AvgIpc) is 2.46. The molecule has 0 saturated carbocycles. The Morgan fingerprint density at radius 3 is 1.87 bits per heavy atom. The van der Waals surface area contributed by atoms with Crippen molar-refractivity contribution in [2.45, 2.75) is 46.1 Å². The zero-order valence-corrected chi connectivity index (χ0v) is 14.3. The van der Waals surface area contributed by atoms with E-state index in [2.05, 4.69) is 36.5 Å².